The molecule has 1 amide bonds. The summed E-state index contributed by atoms with van der Waals surface area (Å²) >= 11 is 3.42. The molecular formula is C14H21BrN2O. The molecule has 3 nitrogen and oxygen atoms in total. The predicted molar refractivity (Wildman–Crippen MR) is 76.6 cm³/mol. The molecule has 100 valence electrons. The van der Waals surface area contributed by atoms with E-state index in [2.05, 4.69) is 29.8 Å². The smallest absolute Gasteiger partial charge is 0.270 e. The molecule has 2 rings (SSSR count). The summed E-state index contributed by atoms with van der Waals surface area (Å²) in [7, 11) is 1.92. The summed E-state index contributed by atoms with van der Waals surface area (Å²) in [6.45, 7) is 6.33. The van der Waals surface area contributed by atoms with E-state index in [1.54, 1.807) is 0 Å². The molecule has 1 aliphatic heterocycles. The van der Waals surface area contributed by atoms with Gasteiger partial charge in [0.05, 0.1) is 0 Å². The van der Waals surface area contributed by atoms with Crippen molar-refractivity contribution >= 4 is 21.8 Å². The van der Waals surface area contributed by atoms with Crippen molar-refractivity contribution in [2.24, 2.45) is 12.5 Å². The zero-order valence-corrected chi connectivity index (χ0v) is 13.0. The molecule has 0 N–H and O–H groups in total. The summed E-state index contributed by atoms with van der Waals surface area (Å²) in [6.07, 6.45) is 5.32. The fourth-order valence-corrected chi connectivity index (χ4v) is 3.05. The Morgan fingerprint density at radius 2 is 2.06 bits per heavy atom. The predicted octanol–water partition coefficient (Wildman–Crippen LogP) is 3.44. The molecule has 18 heavy (non-hydrogen) atoms. The second kappa shape index (κ2) is 5.08. The first kappa shape index (κ1) is 13.7. The molecule has 0 unspecified atom stereocenters. The minimum atomic E-state index is 0.154. The van der Waals surface area contributed by atoms with E-state index in [4.69, 9.17) is 0 Å². The number of aryl methyl sites for hydroxylation is 1. The molecule has 0 aromatic carbocycles. The number of nitrogens with zero attached hydrogens (tertiary/aromatic N) is 2. The Morgan fingerprint density at radius 3 is 2.67 bits per heavy atom. The molecular weight excluding hydrogens is 292 g/mol. The van der Waals surface area contributed by atoms with Crippen LogP contribution in [0, 0.1) is 5.41 Å². The first-order valence-electron chi connectivity index (χ1n) is 6.50. The molecule has 1 aromatic rings. The van der Waals surface area contributed by atoms with E-state index in [9.17, 15) is 4.79 Å². The topological polar surface area (TPSA) is 25.2 Å². The largest absolute Gasteiger partial charge is 0.345 e. The number of amides is 1. The molecule has 1 aromatic heterocycles. The average Bonchev–Trinajstić information content (AvgIpc) is 2.50. The van der Waals surface area contributed by atoms with Crippen LogP contribution in [0.15, 0.2) is 16.7 Å². The fourth-order valence-electron chi connectivity index (χ4n) is 2.52. The highest BCUT2D eigenvalue weighted by Gasteiger charge is 2.26. The maximum Gasteiger partial charge on any atom is 0.270 e. The van der Waals surface area contributed by atoms with Gasteiger partial charge in [0.25, 0.3) is 5.91 Å². The molecule has 0 spiro atoms. The average molecular weight is 313 g/mol. The van der Waals surface area contributed by atoms with E-state index in [0.29, 0.717) is 5.41 Å². The lowest BCUT2D eigenvalue weighted by atomic mass is 9.85. The van der Waals surface area contributed by atoms with Crippen molar-refractivity contribution in [2.45, 2.75) is 33.1 Å². The number of likely N-dealkylation sites (tertiary alicyclic amines) is 1. The number of aromatic nitrogens is 1. The standard InChI is InChI=1S/C14H21BrN2O/c1-14(2)5-4-7-17(8-6-14)13(18)12-9-11(15)10-16(12)3/h9-10H,4-8H2,1-3H3. The maximum atomic E-state index is 12.5. The van der Waals surface area contributed by atoms with Gasteiger partial charge in [0.15, 0.2) is 0 Å². The van der Waals surface area contributed by atoms with Crippen LogP contribution in [0.3, 0.4) is 0 Å². The van der Waals surface area contributed by atoms with Gasteiger partial charge in [0.1, 0.15) is 5.69 Å². The van der Waals surface area contributed by atoms with Crippen molar-refractivity contribution in [3.8, 4) is 0 Å². The van der Waals surface area contributed by atoms with Gasteiger partial charge in [-0.25, -0.2) is 0 Å². The summed E-state index contributed by atoms with van der Waals surface area (Å²) in [5.74, 6) is 0.154. The lowest BCUT2D eigenvalue weighted by Gasteiger charge is -2.23. The molecule has 4 heteroatoms. The van der Waals surface area contributed by atoms with Crippen LogP contribution in [0.25, 0.3) is 0 Å². The highest BCUT2D eigenvalue weighted by Crippen LogP contribution is 2.30. The third-order valence-corrected chi connectivity index (χ3v) is 4.25. The maximum absolute atomic E-state index is 12.5. The van der Waals surface area contributed by atoms with Gasteiger partial charge in [0, 0.05) is 30.8 Å². The lowest BCUT2D eigenvalue weighted by Crippen LogP contribution is -2.33. The van der Waals surface area contributed by atoms with Crippen molar-refractivity contribution in [1.82, 2.24) is 9.47 Å². The normalized spacial score (nSPS) is 19.7. The van der Waals surface area contributed by atoms with Gasteiger partial charge in [-0.05, 0) is 46.7 Å². The Hall–Kier alpha value is -0.770. The van der Waals surface area contributed by atoms with Crippen LogP contribution in [-0.4, -0.2) is 28.5 Å². The molecule has 0 radical (unpaired) electrons. The van der Waals surface area contributed by atoms with Crippen LogP contribution < -0.4 is 0 Å². The molecule has 0 atom stereocenters. The second-order valence-corrected chi connectivity index (χ2v) is 6.88. The van der Waals surface area contributed by atoms with Crippen LogP contribution in [0.4, 0.5) is 0 Å². The molecule has 1 fully saturated rings. The Kier molecular flexibility index (Phi) is 3.85. The fraction of sp³-hybridized carbons (Fsp3) is 0.643. The van der Waals surface area contributed by atoms with Gasteiger partial charge >= 0.3 is 0 Å². The van der Waals surface area contributed by atoms with Crippen LogP contribution in [0.5, 0.6) is 0 Å². The van der Waals surface area contributed by atoms with Crippen LogP contribution in [0.2, 0.25) is 0 Å². The first-order valence-corrected chi connectivity index (χ1v) is 7.29. The van der Waals surface area contributed by atoms with Crippen LogP contribution >= 0.6 is 15.9 Å². The van der Waals surface area contributed by atoms with Gasteiger partial charge in [-0.1, -0.05) is 13.8 Å². The quantitative estimate of drug-likeness (QED) is 0.780. The first-order chi connectivity index (χ1) is 8.39. The third kappa shape index (κ3) is 2.97. The van der Waals surface area contributed by atoms with Gasteiger partial charge in [-0.3, -0.25) is 4.79 Å². The third-order valence-electron chi connectivity index (χ3n) is 3.82. The van der Waals surface area contributed by atoms with E-state index < -0.39 is 0 Å². The summed E-state index contributed by atoms with van der Waals surface area (Å²) in [6, 6.07) is 1.90. The number of hydrogen-bond acceptors (Lipinski definition) is 1. The Labute approximate surface area is 117 Å². The van der Waals surface area contributed by atoms with Crippen LogP contribution in [0.1, 0.15) is 43.6 Å². The summed E-state index contributed by atoms with van der Waals surface area (Å²) in [5.41, 5.74) is 1.13. The zero-order valence-electron chi connectivity index (χ0n) is 11.4. The van der Waals surface area contributed by atoms with Gasteiger partial charge in [0.2, 0.25) is 0 Å². The Balaban J connectivity index is 2.12. The summed E-state index contributed by atoms with van der Waals surface area (Å²) in [5, 5.41) is 0. The van der Waals surface area contributed by atoms with E-state index in [1.165, 1.54) is 6.42 Å². The summed E-state index contributed by atoms with van der Waals surface area (Å²) in [4.78, 5) is 14.5. The number of carbonyl (C=O) groups excluding carboxylic acids is 1. The molecule has 2 heterocycles. The van der Waals surface area contributed by atoms with Crippen molar-refractivity contribution < 1.29 is 4.79 Å². The van der Waals surface area contributed by atoms with E-state index >= 15 is 0 Å². The highest BCUT2D eigenvalue weighted by molar-refractivity contribution is 9.10. The minimum absolute atomic E-state index is 0.154. The van der Waals surface area contributed by atoms with Gasteiger partial charge in [-0.15, -0.1) is 0 Å². The molecule has 1 aliphatic rings. The minimum Gasteiger partial charge on any atom is -0.345 e. The molecule has 0 aliphatic carbocycles. The second-order valence-electron chi connectivity index (χ2n) is 5.96. The van der Waals surface area contributed by atoms with E-state index in [1.807, 2.05) is 28.8 Å². The van der Waals surface area contributed by atoms with E-state index in [0.717, 1.165) is 36.1 Å². The van der Waals surface area contributed by atoms with Crippen molar-refractivity contribution in [2.75, 3.05) is 13.1 Å². The van der Waals surface area contributed by atoms with Gasteiger partial charge in [-0.2, -0.15) is 0 Å². The molecule has 1 saturated heterocycles. The Bertz CT molecular complexity index is 451. The zero-order chi connectivity index (χ0) is 13.3. The number of halogens is 1. The van der Waals surface area contributed by atoms with Crippen molar-refractivity contribution in [3.63, 3.8) is 0 Å². The lowest BCUT2D eigenvalue weighted by molar-refractivity contribution is 0.0748. The number of rotatable bonds is 1. The number of hydrogen-bond donors (Lipinski definition) is 0. The van der Waals surface area contributed by atoms with E-state index in [-0.39, 0.29) is 5.91 Å². The molecule has 0 bridgehead atoms. The monoisotopic (exact) mass is 312 g/mol. The van der Waals surface area contributed by atoms with Crippen molar-refractivity contribution in [1.29, 1.82) is 0 Å². The SMILES string of the molecule is Cn1cc(Br)cc1C(=O)N1CCCC(C)(C)CC1. The Morgan fingerprint density at radius 1 is 1.33 bits per heavy atom. The molecule has 0 saturated carbocycles. The van der Waals surface area contributed by atoms with Crippen LogP contribution in [-0.2, 0) is 7.05 Å². The van der Waals surface area contributed by atoms with Crippen molar-refractivity contribution in [3.05, 3.63) is 22.4 Å². The number of carbonyl (C=O) groups is 1. The summed E-state index contributed by atoms with van der Waals surface area (Å²) < 4.78 is 2.85. The highest BCUT2D eigenvalue weighted by atomic mass is 79.9. The van der Waals surface area contributed by atoms with Gasteiger partial charge < -0.3 is 9.47 Å².